The van der Waals surface area contributed by atoms with Crippen molar-refractivity contribution in [3.8, 4) is 17.2 Å². The third kappa shape index (κ3) is 3.53. The van der Waals surface area contributed by atoms with E-state index in [0.717, 1.165) is 10.8 Å². The number of phenols is 2. The molecular formula is C19H16N2O4. The molecule has 0 bridgehead atoms. The number of nitrogens with zero attached hydrogens (tertiary/aromatic N) is 1. The molecule has 1 amide bonds. The maximum Gasteiger partial charge on any atom is 0.275 e. The number of hydrogen-bond acceptors (Lipinski definition) is 5. The van der Waals surface area contributed by atoms with Crippen molar-refractivity contribution in [3.05, 3.63) is 65.7 Å². The first kappa shape index (κ1) is 16.3. The molecule has 0 unspecified atom stereocenters. The zero-order valence-electron chi connectivity index (χ0n) is 13.4. The maximum absolute atomic E-state index is 12.2. The number of hydrogen-bond donors (Lipinski definition) is 3. The van der Waals surface area contributed by atoms with E-state index in [-0.39, 0.29) is 17.1 Å². The van der Waals surface area contributed by atoms with E-state index < -0.39 is 5.91 Å². The number of aromatic hydroxyl groups is 2. The molecule has 0 radical (unpaired) electrons. The molecule has 0 saturated heterocycles. The minimum Gasteiger partial charge on any atom is -0.507 e. The minimum atomic E-state index is -0.530. The molecule has 0 heterocycles. The fourth-order valence-electron chi connectivity index (χ4n) is 2.42. The lowest BCUT2D eigenvalue weighted by Crippen LogP contribution is -2.17. The SMILES string of the molecule is COc1ccc(/C=N/NC(=O)c2cc3ccccc3cc2O)cc1O. The van der Waals surface area contributed by atoms with Crippen LogP contribution in [0, 0.1) is 0 Å². The number of methoxy groups -OCH3 is 1. The van der Waals surface area contributed by atoms with Crippen LogP contribution in [0.5, 0.6) is 17.2 Å². The van der Waals surface area contributed by atoms with Gasteiger partial charge in [-0.05, 0) is 46.7 Å². The Balaban J connectivity index is 1.76. The van der Waals surface area contributed by atoms with Crippen molar-refractivity contribution in [2.24, 2.45) is 5.10 Å². The number of fused-ring (bicyclic) bond motifs is 1. The zero-order chi connectivity index (χ0) is 17.8. The Morgan fingerprint density at radius 3 is 2.44 bits per heavy atom. The van der Waals surface area contributed by atoms with Crippen LogP contribution in [0.2, 0.25) is 0 Å². The maximum atomic E-state index is 12.2. The van der Waals surface area contributed by atoms with Gasteiger partial charge in [0.15, 0.2) is 11.5 Å². The van der Waals surface area contributed by atoms with Crippen molar-refractivity contribution in [1.29, 1.82) is 0 Å². The summed E-state index contributed by atoms with van der Waals surface area (Å²) in [6.07, 6.45) is 1.38. The van der Waals surface area contributed by atoms with Crippen molar-refractivity contribution in [3.63, 3.8) is 0 Å². The van der Waals surface area contributed by atoms with Crippen LogP contribution in [-0.4, -0.2) is 29.4 Å². The van der Waals surface area contributed by atoms with Crippen LogP contribution in [0.3, 0.4) is 0 Å². The molecule has 0 fully saturated rings. The number of amides is 1. The normalized spacial score (nSPS) is 10.9. The molecule has 0 aromatic heterocycles. The van der Waals surface area contributed by atoms with Gasteiger partial charge in [0.05, 0.1) is 18.9 Å². The molecule has 0 aliphatic carbocycles. The third-order valence-corrected chi connectivity index (χ3v) is 3.69. The van der Waals surface area contributed by atoms with Crippen LogP contribution in [0.15, 0.2) is 59.7 Å². The first-order valence-electron chi connectivity index (χ1n) is 7.50. The summed E-state index contributed by atoms with van der Waals surface area (Å²) in [6.45, 7) is 0. The molecule has 6 heteroatoms. The lowest BCUT2D eigenvalue weighted by Gasteiger charge is -2.06. The molecule has 0 atom stereocenters. The number of hydrazone groups is 1. The minimum absolute atomic E-state index is 0.0232. The summed E-state index contributed by atoms with van der Waals surface area (Å²) in [7, 11) is 1.46. The van der Waals surface area contributed by atoms with Crippen LogP contribution < -0.4 is 10.2 Å². The molecular weight excluding hydrogens is 320 g/mol. The van der Waals surface area contributed by atoms with Gasteiger partial charge < -0.3 is 14.9 Å². The number of carbonyl (C=O) groups is 1. The number of phenolic OH excluding ortho intramolecular Hbond substituents is 2. The standard InChI is InChI=1S/C19H16N2O4/c1-25-18-7-6-12(8-17(18)23)11-20-21-19(24)15-9-13-4-2-3-5-14(13)10-16(15)22/h2-11,22-23H,1H3,(H,21,24)/b20-11+. The summed E-state index contributed by atoms with van der Waals surface area (Å²) in [4.78, 5) is 12.2. The van der Waals surface area contributed by atoms with Gasteiger partial charge in [0, 0.05) is 0 Å². The van der Waals surface area contributed by atoms with Crippen molar-refractivity contribution in [2.75, 3.05) is 7.11 Å². The number of nitrogens with one attached hydrogen (secondary N) is 1. The van der Waals surface area contributed by atoms with E-state index in [1.54, 1.807) is 18.2 Å². The van der Waals surface area contributed by atoms with Crippen LogP contribution in [0.4, 0.5) is 0 Å². The Morgan fingerprint density at radius 1 is 1.04 bits per heavy atom. The molecule has 0 spiro atoms. The zero-order valence-corrected chi connectivity index (χ0v) is 13.4. The lowest BCUT2D eigenvalue weighted by molar-refractivity contribution is 0.0952. The highest BCUT2D eigenvalue weighted by molar-refractivity contribution is 6.01. The van der Waals surface area contributed by atoms with Gasteiger partial charge in [0.1, 0.15) is 5.75 Å². The molecule has 0 aliphatic rings. The van der Waals surface area contributed by atoms with Gasteiger partial charge in [0.2, 0.25) is 0 Å². The summed E-state index contributed by atoms with van der Waals surface area (Å²) in [6, 6.07) is 15.3. The van der Waals surface area contributed by atoms with E-state index in [9.17, 15) is 15.0 Å². The van der Waals surface area contributed by atoms with Crippen molar-refractivity contribution < 1.29 is 19.7 Å². The Bertz CT molecular complexity index is 967. The van der Waals surface area contributed by atoms with Crippen LogP contribution in [-0.2, 0) is 0 Å². The van der Waals surface area contributed by atoms with Gasteiger partial charge in [-0.2, -0.15) is 5.10 Å². The van der Waals surface area contributed by atoms with Gasteiger partial charge in [0.25, 0.3) is 5.91 Å². The van der Waals surface area contributed by atoms with Crippen molar-refractivity contribution in [2.45, 2.75) is 0 Å². The summed E-state index contributed by atoms with van der Waals surface area (Å²) >= 11 is 0. The summed E-state index contributed by atoms with van der Waals surface area (Å²) in [5.41, 5.74) is 3.08. The van der Waals surface area contributed by atoms with E-state index >= 15 is 0 Å². The third-order valence-electron chi connectivity index (χ3n) is 3.69. The molecule has 0 saturated carbocycles. The Morgan fingerprint density at radius 2 is 1.76 bits per heavy atom. The second kappa shape index (κ2) is 6.92. The summed E-state index contributed by atoms with van der Waals surface area (Å²) in [5.74, 6) is -0.321. The fourth-order valence-corrected chi connectivity index (χ4v) is 2.42. The fraction of sp³-hybridized carbons (Fsp3) is 0.0526. The first-order valence-corrected chi connectivity index (χ1v) is 7.50. The second-order valence-corrected chi connectivity index (χ2v) is 5.35. The highest BCUT2D eigenvalue weighted by Gasteiger charge is 2.11. The van der Waals surface area contributed by atoms with E-state index in [0.29, 0.717) is 11.3 Å². The predicted octanol–water partition coefficient (Wildman–Crippen LogP) is 3.02. The summed E-state index contributed by atoms with van der Waals surface area (Å²) < 4.78 is 4.96. The molecule has 3 rings (SSSR count). The molecule has 3 N–H and O–H groups in total. The van der Waals surface area contributed by atoms with Crippen molar-refractivity contribution >= 4 is 22.9 Å². The van der Waals surface area contributed by atoms with Crippen LogP contribution >= 0.6 is 0 Å². The van der Waals surface area contributed by atoms with Crippen LogP contribution in [0.1, 0.15) is 15.9 Å². The highest BCUT2D eigenvalue weighted by atomic mass is 16.5. The van der Waals surface area contributed by atoms with E-state index in [1.165, 1.54) is 25.5 Å². The second-order valence-electron chi connectivity index (χ2n) is 5.35. The Labute approximate surface area is 144 Å². The van der Waals surface area contributed by atoms with Gasteiger partial charge in [-0.3, -0.25) is 4.79 Å². The molecule has 0 aliphatic heterocycles. The van der Waals surface area contributed by atoms with Crippen LogP contribution in [0.25, 0.3) is 10.8 Å². The van der Waals surface area contributed by atoms with Gasteiger partial charge in [-0.15, -0.1) is 0 Å². The average Bonchev–Trinajstić information content (AvgIpc) is 2.61. The first-order chi connectivity index (χ1) is 12.1. The number of benzene rings is 3. The Kier molecular flexibility index (Phi) is 4.52. The predicted molar refractivity (Wildman–Crippen MR) is 95.3 cm³/mol. The molecule has 3 aromatic carbocycles. The van der Waals surface area contributed by atoms with E-state index in [1.807, 2.05) is 24.3 Å². The molecule has 3 aromatic rings. The highest BCUT2D eigenvalue weighted by Crippen LogP contribution is 2.26. The lowest BCUT2D eigenvalue weighted by atomic mass is 10.1. The smallest absolute Gasteiger partial charge is 0.275 e. The van der Waals surface area contributed by atoms with E-state index in [2.05, 4.69) is 10.5 Å². The largest absolute Gasteiger partial charge is 0.507 e. The number of carbonyl (C=O) groups excluding carboxylic acids is 1. The number of ether oxygens (including phenoxy) is 1. The van der Waals surface area contributed by atoms with Gasteiger partial charge >= 0.3 is 0 Å². The van der Waals surface area contributed by atoms with Gasteiger partial charge in [-0.25, -0.2) is 5.43 Å². The molecule has 6 nitrogen and oxygen atoms in total. The topological polar surface area (TPSA) is 91.2 Å². The number of rotatable bonds is 4. The van der Waals surface area contributed by atoms with E-state index in [4.69, 9.17) is 4.74 Å². The quantitative estimate of drug-likeness (QED) is 0.504. The van der Waals surface area contributed by atoms with Crippen molar-refractivity contribution in [1.82, 2.24) is 5.43 Å². The van der Waals surface area contributed by atoms with Gasteiger partial charge in [-0.1, -0.05) is 24.3 Å². The monoisotopic (exact) mass is 336 g/mol. The molecule has 126 valence electrons. The Hall–Kier alpha value is -3.54. The summed E-state index contributed by atoms with van der Waals surface area (Å²) in [5, 5.41) is 25.3. The molecule has 25 heavy (non-hydrogen) atoms. The average molecular weight is 336 g/mol.